The summed E-state index contributed by atoms with van der Waals surface area (Å²) >= 11 is 0. The maximum absolute atomic E-state index is 12.9. The zero-order chi connectivity index (χ0) is 11.9. The van der Waals surface area contributed by atoms with E-state index in [2.05, 4.69) is 4.98 Å². The van der Waals surface area contributed by atoms with Gasteiger partial charge in [-0.25, -0.2) is 13.6 Å². The van der Waals surface area contributed by atoms with E-state index >= 15 is 0 Å². The van der Waals surface area contributed by atoms with Crippen molar-refractivity contribution in [1.82, 2.24) is 4.98 Å². The lowest BCUT2D eigenvalue weighted by molar-refractivity contribution is 0.0699. The smallest absolute Gasteiger partial charge is 0.336 e. The highest BCUT2D eigenvalue weighted by molar-refractivity contribution is 6.02. The molecule has 1 heterocycles. The van der Waals surface area contributed by atoms with Crippen molar-refractivity contribution in [3.63, 3.8) is 0 Å². The number of aromatic carboxylic acids is 1. The molecule has 2 rings (SSSR count). The van der Waals surface area contributed by atoms with Crippen LogP contribution in [-0.2, 0) is 0 Å². The molecule has 2 N–H and O–H groups in total. The number of hydrogen-bond acceptors (Lipinski definition) is 2. The van der Waals surface area contributed by atoms with Crippen molar-refractivity contribution in [3.05, 3.63) is 45.8 Å². The molecule has 0 fully saturated rings. The molecule has 0 radical (unpaired) electrons. The van der Waals surface area contributed by atoms with Crippen LogP contribution >= 0.6 is 0 Å². The van der Waals surface area contributed by atoms with E-state index in [0.717, 1.165) is 18.2 Å². The quantitative estimate of drug-likeness (QED) is 0.772. The SMILES string of the molecule is O=C(O)c1cc(=O)[nH]c2cc(F)c(F)cc12. The van der Waals surface area contributed by atoms with Gasteiger partial charge in [-0.2, -0.15) is 0 Å². The van der Waals surface area contributed by atoms with Crippen LogP contribution in [0, 0.1) is 11.6 Å². The maximum Gasteiger partial charge on any atom is 0.336 e. The fourth-order valence-corrected chi connectivity index (χ4v) is 1.43. The number of benzene rings is 1. The van der Waals surface area contributed by atoms with Gasteiger partial charge in [-0.3, -0.25) is 4.79 Å². The third-order valence-electron chi connectivity index (χ3n) is 2.11. The summed E-state index contributed by atoms with van der Waals surface area (Å²) in [4.78, 5) is 24.1. The number of halogens is 2. The molecule has 0 amide bonds. The molecule has 82 valence electrons. The molecular formula is C10H5F2NO3. The molecule has 16 heavy (non-hydrogen) atoms. The Bertz CT molecular complexity index is 648. The van der Waals surface area contributed by atoms with Gasteiger partial charge in [0.15, 0.2) is 11.6 Å². The van der Waals surface area contributed by atoms with Crippen molar-refractivity contribution in [2.75, 3.05) is 0 Å². The average Bonchev–Trinajstić information content (AvgIpc) is 2.19. The van der Waals surface area contributed by atoms with Gasteiger partial charge in [0.25, 0.3) is 0 Å². The van der Waals surface area contributed by atoms with E-state index in [1.54, 1.807) is 0 Å². The van der Waals surface area contributed by atoms with Gasteiger partial charge in [-0.15, -0.1) is 0 Å². The summed E-state index contributed by atoms with van der Waals surface area (Å²) in [6.07, 6.45) is 0. The molecule has 0 saturated heterocycles. The lowest BCUT2D eigenvalue weighted by atomic mass is 10.1. The van der Waals surface area contributed by atoms with E-state index in [1.807, 2.05) is 0 Å². The summed E-state index contributed by atoms with van der Waals surface area (Å²) in [5.41, 5.74) is -1.10. The van der Waals surface area contributed by atoms with E-state index in [-0.39, 0.29) is 16.5 Å². The van der Waals surface area contributed by atoms with Crippen LogP contribution in [0.3, 0.4) is 0 Å². The minimum absolute atomic E-state index is 0.0500. The number of H-pyrrole nitrogens is 1. The van der Waals surface area contributed by atoms with Gasteiger partial charge in [0.1, 0.15) is 0 Å². The highest BCUT2D eigenvalue weighted by Gasteiger charge is 2.13. The minimum Gasteiger partial charge on any atom is -0.478 e. The third kappa shape index (κ3) is 1.54. The van der Waals surface area contributed by atoms with E-state index in [9.17, 15) is 18.4 Å². The summed E-state index contributed by atoms with van der Waals surface area (Å²) in [5.74, 6) is -3.69. The van der Waals surface area contributed by atoms with Crippen molar-refractivity contribution < 1.29 is 18.7 Å². The van der Waals surface area contributed by atoms with Gasteiger partial charge in [0.05, 0.1) is 11.1 Å². The van der Waals surface area contributed by atoms with Crippen LogP contribution in [0.4, 0.5) is 8.78 Å². The Morgan fingerprint density at radius 3 is 2.44 bits per heavy atom. The van der Waals surface area contributed by atoms with Gasteiger partial charge in [-0.1, -0.05) is 0 Å². The molecule has 0 saturated carbocycles. The summed E-state index contributed by atoms with van der Waals surface area (Å²) in [6.45, 7) is 0. The first kappa shape index (κ1) is 10.3. The molecule has 4 nitrogen and oxygen atoms in total. The molecule has 1 aromatic carbocycles. The predicted octanol–water partition coefficient (Wildman–Crippen LogP) is 1.50. The molecule has 0 unspecified atom stereocenters. The Morgan fingerprint density at radius 1 is 1.19 bits per heavy atom. The second kappa shape index (κ2) is 3.41. The number of nitrogens with one attached hydrogen (secondary N) is 1. The number of pyridine rings is 1. The van der Waals surface area contributed by atoms with Crippen molar-refractivity contribution >= 4 is 16.9 Å². The van der Waals surface area contributed by atoms with Crippen LogP contribution in [0.15, 0.2) is 23.0 Å². The topological polar surface area (TPSA) is 70.2 Å². The Morgan fingerprint density at radius 2 is 1.81 bits per heavy atom. The standard InChI is InChI=1S/C10H5F2NO3/c11-6-1-4-5(10(15)16)2-9(14)13-8(4)3-7(6)12/h1-3H,(H,13,14)(H,15,16). The monoisotopic (exact) mass is 225 g/mol. The van der Waals surface area contributed by atoms with Crippen LogP contribution < -0.4 is 5.56 Å². The second-order valence-corrected chi connectivity index (χ2v) is 3.16. The number of aromatic nitrogens is 1. The van der Waals surface area contributed by atoms with Gasteiger partial charge in [0, 0.05) is 17.5 Å². The van der Waals surface area contributed by atoms with Crippen molar-refractivity contribution in [3.8, 4) is 0 Å². The van der Waals surface area contributed by atoms with Crippen LogP contribution in [0.25, 0.3) is 10.9 Å². The van der Waals surface area contributed by atoms with Crippen molar-refractivity contribution in [1.29, 1.82) is 0 Å². The molecule has 0 aliphatic rings. The summed E-state index contributed by atoms with van der Waals surface area (Å²) < 4.78 is 25.8. The Labute approximate surface area is 87.1 Å². The molecule has 0 atom stereocenters. The van der Waals surface area contributed by atoms with Crippen molar-refractivity contribution in [2.24, 2.45) is 0 Å². The molecule has 1 aromatic heterocycles. The normalized spacial score (nSPS) is 10.6. The number of hydrogen-bond donors (Lipinski definition) is 2. The van der Waals surface area contributed by atoms with E-state index < -0.39 is 23.2 Å². The summed E-state index contributed by atoms with van der Waals surface area (Å²) in [7, 11) is 0. The van der Waals surface area contributed by atoms with Gasteiger partial charge >= 0.3 is 5.97 Å². The number of carboxylic acids is 1. The Kier molecular flexibility index (Phi) is 2.19. The fraction of sp³-hybridized carbons (Fsp3) is 0. The lowest BCUT2D eigenvalue weighted by Gasteiger charge is -2.02. The van der Waals surface area contributed by atoms with Crippen LogP contribution in [0.2, 0.25) is 0 Å². The van der Waals surface area contributed by atoms with Gasteiger partial charge in [-0.05, 0) is 6.07 Å². The van der Waals surface area contributed by atoms with E-state index in [4.69, 9.17) is 5.11 Å². The van der Waals surface area contributed by atoms with Crippen LogP contribution in [-0.4, -0.2) is 16.1 Å². The Hall–Kier alpha value is -2.24. The number of fused-ring (bicyclic) bond motifs is 1. The highest BCUT2D eigenvalue weighted by atomic mass is 19.2. The number of carbonyl (C=O) groups is 1. The molecule has 0 aliphatic heterocycles. The molecule has 0 bridgehead atoms. The zero-order valence-corrected chi connectivity index (χ0v) is 7.75. The molecular weight excluding hydrogens is 220 g/mol. The molecule has 0 spiro atoms. The van der Waals surface area contributed by atoms with E-state index in [1.165, 1.54) is 0 Å². The van der Waals surface area contributed by atoms with Gasteiger partial charge < -0.3 is 10.1 Å². The number of carboxylic acid groups (broad SMARTS) is 1. The van der Waals surface area contributed by atoms with Crippen molar-refractivity contribution in [2.45, 2.75) is 0 Å². The average molecular weight is 225 g/mol. The minimum atomic E-state index is -1.37. The number of rotatable bonds is 1. The predicted molar refractivity (Wildman–Crippen MR) is 51.4 cm³/mol. The highest BCUT2D eigenvalue weighted by Crippen LogP contribution is 2.18. The zero-order valence-electron chi connectivity index (χ0n) is 7.75. The van der Waals surface area contributed by atoms with Crippen LogP contribution in [0.5, 0.6) is 0 Å². The first-order chi connectivity index (χ1) is 7.49. The fourth-order valence-electron chi connectivity index (χ4n) is 1.43. The Balaban J connectivity index is 2.96. The summed E-state index contributed by atoms with van der Waals surface area (Å²) in [6, 6.07) is 2.31. The molecule has 2 aromatic rings. The van der Waals surface area contributed by atoms with Gasteiger partial charge in [0.2, 0.25) is 5.56 Å². The lowest BCUT2D eigenvalue weighted by Crippen LogP contribution is -2.10. The van der Waals surface area contributed by atoms with E-state index in [0.29, 0.717) is 0 Å². The first-order valence-corrected chi connectivity index (χ1v) is 4.24. The largest absolute Gasteiger partial charge is 0.478 e. The second-order valence-electron chi connectivity index (χ2n) is 3.16. The molecule has 0 aliphatic carbocycles. The third-order valence-corrected chi connectivity index (χ3v) is 2.11. The number of aromatic amines is 1. The maximum atomic E-state index is 12.9. The first-order valence-electron chi connectivity index (χ1n) is 4.24. The molecule has 6 heteroatoms. The van der Waals surface area contributed by atoms with Crippen LogP contribution in [0.1, 0.15) is 10.4 Å². The summed E-state index contributed by atoms with van der Waals surface area (Å²) in [5, 5.41) is 8.75.